The standard InChI is InChI=1S/C27H36N4OS/c1-3-4-5-6-7-8-12-15-26(32)28-20-25-29-30-27(33-21-23-13-10-9-11-14-23)31(25)24-18-16-22(2)17-19-24/h9-11,13-14,16-19H,3-8,12,15,20-21H2,1-2H3,(H,28,32). The second-order valence-electron chi connectivity index (χ2n) is 8.49. The first-order valence-corrected chi connectivity index (χ1v) is 13.1. The van der Waals surface area contributed by atoms with E-state index < -0.39 is 0 Å². The summed E-state index contributed by atoms with van der Waals surface area (Å²) in [5.41, 5.74) is 3.46. The molecule has 1 aromatic heterocycles. The molecule has 176 valence electrons. The van der Waals surface area contributed by atoms with Gasteiger partial charge in [0.1, 0.15) is 0 Å². The molecule has 0 unspecified atom stereocenters. The highest BCUT2D eigenvalue weighted by Crippen LogP contribution is 2.25. The smallest absolute Gasteiger partial charge is 0.220 e. The van der Waals surface area contributed by atoms with Crippen molar-refractivity contribution >= 4 is 17.7 Å². The van der Waals surface area contributed by atoms with Crippen LogP contribution < -0.4 is 5.32 Å². The molecule has 33 heavy (non-hydrogen) atoms. The van der Waals surface area contributed by atoms with Gasteiger partial charge < -0.3 is 5.32 Å². The molecule has 1 N–H and O–H groups in total. The lowest BCUT2D eigenvalue weighted by Crippen LogP contribution is -2.24. The van der Waals surface area contributed by atoms with E-state index in [1.807, 2.05) is 18.2 Å². The zero-order chi connectivity index (χ0) is 23.3. The van der Waals surface area contributed by atoms with Crippen LogP contribution >= 0.6 is 11.8 Å². The van der Waals surface area contributed by atoms with E-state index in [9.17, 15) is 4.79 Å². The van der Waals surface area contributed by atoms with Crippen LogP contribution in [0.2, 0.25) is 0 Å². The Morgan fingerprint density at radius 1 is 0.909 bits per heavy atom. The normalized spacial score (nSPS) is 11.0. The molecule has 0 saturated heterocycles. The number of unbranched alkanes of at least 4 members (excludes halogenated alkanes) is 6. The first-order valence-electron chi connectivity index (χ1n) is 12.1. The van der Waals surface area contributed by atoms with Crippen molar-refractivity contribution in [1.29, 1.82) is 0 Å². The van der Waals surface area contributed by atoms with Gasteiger partial charge in [0.15, 0.2) is 11.0 Å². The van der Waals surface area contributed by atoms with E-state index in [1.165, 1.54) is 43.2 Å². The maximum Gasteiger partial charge on any atom is 0.220 e. The third-order valence-electron chi connectivity index (χ3n) is 5.65. The van der Waals surface area contributed by atoms with Crippen LogP contribution in [0.5, 0.6) is 0 Å². The number of nitrogens with one attached hydrogen (secondary N) is 1. The molecule has 5 nitrogen and oxygen atoms in total. The van der Waals surface area contributed by atoms with Crippen molar-refractivity contribution in [2.24, 2.45) is 0 Å². The number of hydrogen-bond acceptors (Lipinski definition) is 4. The van der Waals surface area contributed by atoms with Crippen LogP contribution in [0.15, 0.2) is 59.8 Å². The lowest BCUT2D eigenvalue weighted by atomic mass is 10.1. The average Bonchev–Trinajstić information content (AvgIpc) is 3.25. The van der Waals surface area contributed by atoms with Gasteiger partial charge in [-0.15, -0.1) is 10.2 Å². The summed E-state index contributed by atoms with van der Waals surface area (Å²) in [4.78, 5) is 12.4. The van der Waals surface area contributed by atoms with Crippen LogP contribution in [0.25, 0.3) is 5.69 Å². The number of nitrogens with zero attached hydrogens (tertiary/aromatic N) is 3. The minimum Gasteiger partial charge on any atom is -0.349 e. The van der Waals surface area contributed by atoms with Gasteiger partial charge in [0.25, 0.3) is 0 Å². The molecule has 0 bridgehead atoms. The van der Waals surface area contributed by atoms with E-state index >= 15 is 0 Å². The number of aryl methyl sites for hydroxylation is 1. The quantitative estimate of drug-likeness (QED) is 0.215. The van der Waals surface area contributed by atoms with Crippen LogP contribution in [-0.4, -0.2) is 20.7 Å². The van der Waals surface area contributed by atoms with Crippen molar-refractivity contribution in [3.05, 3.63) is 71.5 Å². The summed E-state index contributed by atoms with van der Waals surface area (Å²) in [6.45, 7) is 4.68. The fraction of sp³-hybridized carbons (Fsp3) is 0.444. The molecule has 3 rings (SSSR count). The summed E-state index contributed by atoms with van der Waals surface area (Å²) in [5, 5.41) is 12.7. The van der Waals surface area contributed by atoms with Gasteiger partial charge in [0.2, 0.25) is 5.91 Å². The number of benzene rings is 2. The van der Waals surface area contributed by atoms with Gasteiger partial charge in [-0.05, 0) is 31.0 Å². The zero-order valence-electron chi connectivity index (χ0n) is 19.9. The number of carbonyl (C=O) groups excluding carboxylic acids is 1. The number of amides is 1. The van der Waals surface area contributed by atoms with E-state index in [2.05, 4.69) is 70.3 Å². The van der Waals surface area contributed by atoms with Gasteiger partial charge in [-0.1, -0.05) is 105 Å². The fourth-order valence-corrected chi connectivity index (χ4v) is 4.62. The number of aromatic nitrogens is 3. The number of thioether (sulfide) groups is 1. The molecule has 1 heterocycles. The second-order valence-corrected chi connectivity index (χ2v) is 9.43. The molecule has 0 aliphatic heterocycles. The molecule has 0 aliphatic rings. The predicted molar refractivity (Wildman–Crippen MR) is 137 cm³/mol. The number of rotatable bonds is 14. The van der Waals surface area contributed by atoms with E-state index in [4.69, 9.17) is 0 Å². The molecule has 3 aromatic rings. The highest BCUT2D eigenvalue weighted by Gasteiger charge is 2.15. The molecular weight excluding hydrogens is 428 g/mol. The van der Waals surface area contributed by atoms with Gasteiger partial charge in [0.05, 0.1) is 6.54 Å². The van der Waals surface area contributed by atoms with E-state index in [0.717, 1.165) is 35.3 Å². The summed E-state index contributed by atoms with van der Waals surface area (Å²) in [6.07, 6.45) is 9.02. The summed E-state index contributed by atoms with van der Waals surface area (Å²) in [7, 11) is 0. The summed E-state index contributed by atoms with van der Waals surface area (Å²) < 4.78 is 2.06. The maximum atomic E-state index is 12.4. The number of hydrogen-bond donors (Lipinski definition) is 1. The molecule has 1 amide bonds. The van der Waals surface area contributed by atoms with Crippen molar-refractivity contribution < 1.29 is 4.79 Å². The minimum absolute atomic E-state index is 0.0838. The maximum absolute atomic E-state index is 12.4. The van der Waals surface area contributed by atoms with Gasteiger partial charge in [-0.3, -0.25) is 9.36 Å². The molecule has 0 aliphatic carbocycles. The summed E-state index contributed by atoms with van der Waals surface area (Å²) in [6, 6.07) is 18.7. The molecular formula is C27H36N4OS. The second kappa shape index (κ2) is 13.8. The van der Waals surface area contributed by atoms with Crippen LogP contribution in [-0.2, 0) is 17.1 Å². The summed E-state index contributed by atoms with van der Waals surface area (Å²) >= 11 is 1.66. The highest BCUT2D eigenvalue weighted by molar-refractivity contribution is 7.98. The van der Waals surface area contributed by atoms with Crippen LogP contribution in [0.3, 0.4) is 0 Å². The first-order chi connectivity index (χ1) is 16.2. The Labute approximate surface area is 202 Å². The Hall–Kier alpha value is -2.60. The Morgan fingerprint density at radius 3 is 2.33 bits per heavy atom. The third kappa shape index (κ3) is 8.35. The molecule has 0 atom stereocenters. The van der Waals surface area contributed by atoms with Gasteiger partial charge in [0, 0.05) is 17.9 Å². The van der Waals surface area contributed by atoms with Crippen molar-refractivity contribution in [2.45, 2.75) is 82.7 Å². The average molecular weight is 465 g/mol. The van der Waals surface area contributed by atoms with Crippen molar-refractivity contribution in [1.82, 2.24) is 20.1 Å². The monoisotopic (exact) mass is 464 g/mol. The van der Waals surface area contributed by atoms with Crippen molar-refractivity contribution in [3.63, 3.8) is 0 Å². The van der Waals surface area contributed by atoms with E-state index in [0.29, 0.717) is 13.0 Å². The molecule has 0 fully saturated rings. The Bertz CT molecular complexity index is 970. The van der Waals surface area contributed by atoms with Gasteiger partial charge >= 0.3 is 0 Å². The predicted octanol–water partition coefficient (Wildman–Crippen LogP) is 6.62. The van der Waals surface area contributed by atoms with Crippen LogP contribution in [0.1, 0.15) is 75.2 Å². The molecule has 0 radical (unpaired) electrons. The molecule has 0 saturated carbocycles. The van der Waals surface area contributed by atoms with Crippen molar-refractivity contribution in [2.75, 3.05) is 0 Å². The molecule has 2 aromatic carbocycles. The van der Waals surface area contributed by atoms with Crippen LogP contribution in [0.4, 0.5) is 0 Å². The topological polar surface area (TPSA) is 59.8 Å². The first kappa shape index (κ1) is 25.0. The molecule has 0 spiro atoms. The SMILES string of the molecule is CCCCCCCCCC(=O)NCc1nnc(SCc2ccccc2)n1-c1ccc(C)cc1. The Balaban J connectivity index is 1.58. The van der Waals surface area contributed by atoms with Gasteiger partial charge in [-0.25, -0.2) is 0 Å². The Kier molecular flexibility index (Phi) is 10.5. The lowest BCUT2D eigenvalue weighted by molar-refractivity contribution is -0.121. The van der Waals surface area contributed by atoms with Crippen LogP contribution in [0, 0.1) is 6.92 Å². The molecule has 6 heteroatoms. The van der Waals surface area contributed by atoms with Gasteiger partial charge in [-0.2, -0.15) is 0 Å². The largest absolute Gasteiger partial charge is 0.349 e. The number of carbonyl (C=O) groups is 1. The zero-order valence-corrected chi connectivity index (χ0v) is 20.7. The van der Waals surface area contributed by atoms with E-state index in [-0.39, 0.29) is 5.91 Å². The Morgan fingerprint density at radius 2 is 1.61 bits per heavy atom. The van der Waals surface area contributed by atoms with E-state index in [1.54, 1.807) is 11.8 Å². The minimum atomic E-state index is 0.0838. The lowest BCUT2D eigenvalue weighted by Gasteiger charge is -2.11. The highest BCUT2D eigenvalue weighted by atomic mass is 32.2. The third-order valence-corrected chi connectivity index (χ3v) is 6.65. The summed E-state index contributed by atoms with van der Waals surface area (Å²) in [5.74, 6) is 1.65. The fourth-order valence-electron chi connectivity index (χ4n) is 3.69. The van der Waals surface area contributed by atoms with Crippen molar-refractivity contribution in [3.8, 4) is 5.69 Å².